The molecule has 0 atom stereocenters. The smallest absolute Gasteiger partial charge is 0.246 e. The Hall–Kier alpha value is -0.840. The van der Waals surface area contributed by atoms with E-state index in [0.717, 1.165) is 19.4 Å². The lowest BCUT2D eigenvalue weighted by Gasteiger charge is -2.34. The van der Waals surface area contributed by atoms with Crippen LogP contribution in [0.4, 0.5) is 0 Å². The second-order valence-electron chi connectivity index (χ2n) is 5.41. The van der Waals surface area contributed by atoms with Crippen LogP contribution in [0.15, 0.2) is 23.1 Å². The first-order valence-corrected chi connectivity index (χ1v) is 9.70. The number of nitrogens with zero attached hydrogens (tertiary/aromatic N) is 3. The summed E-state index contributed by atoms with van der Waals surface area (Å²) >= 11 is 12.1. The summed E-state index contributed by atoms with van der Waals surface area (Å²) in [6.07, 6.45) is 2.40. The highest BCUT2D eigenvalue weighted by molar-refractivity contribution is 7.89. The number of piperazine rings is 1. The highest BCUT2D eigenvalue weighted by Gasteiger charge is 2.31. The summed E-state index contributed by atoms with van der Waals surface area (Å²) in [5.41, 5.74) is 0. The van der Waals surface area contributed by atoms with Crippen molar-refractivity contribution in [3.8, 4) is 6.07 Å². The van der Waals surface area contributed by atoms with Crippen molar-refractivity contribution in [3.63, 3.8) is 0 Å². The monoisotopic (exact) mass is 375 g/mol. The maximum Gasteiger partial charge on any atom is 0.246 e. The van der Waals surface area contributed by atoms with Crippen LogP contribution in [0, 0.1) is 11.3 Å². The normalized spacial score (nSPS) is 17.1. The van der Waals surface area contributed by atoms with Gasteiger partial charge in [0.1, 0.15) is 4.90 Å². The number of halogens is 2. The second kappa shape index (κ2) is 8.32. The molecule has 0 unspecified atom stereocenters. The number of unbranched alkanes of at least 4 members (excludes halogenated alkanes) is 2. The van der Waals surface area contributed by atoms with Gasteiger partial charge in [0.15, 0.2) is 0 Å². The fourth-order valence-electron chi connectivity index (χ4n) is 2.59. The average molecular weight is 376 g/mol. The fourth-order valence-corrected chi connectivity index (χ4v) is 5.10. The minimum absolute atomic E-state index is 0.00852. The molecule has 126 valence electrons. The predicted molar refractivity (Wildman–Crippen MR) is 91.1 cm³/mol. The molecule has 1 heterocycles. The van der Waals surface area contributed by atoms with E-state index in [9.17, 15) is 8.42 Å². The molecule has 0 radical (unpaired) electrons. The van der Waals surface area contributed by atoms with Gasteiger partial charge in [0.25, 0.3) is 0 Å². The standard InChI is InChI=1S/C15H19Cl2N3O2S/c16-13-5-4-6-14(17)15(13)23(21,22)20-11-9-19(10-12-20)8-3-1-2-7-18/h4-6H,1-3,8-12H2. The molecule has 2 rings (SSSR count). The third-order valence-corrected chi connectivity index (χ3v) is 6.72. The van der Waals surface area contributed by atoms with Gasteiger partial charge in [-0.15, -0.1) is 0 Å². The van der Waals surface area contributed by atoms with Crippen molar-refractivity contribution in [1.29, 1.82) is 5.26 Å². The van der Waals surface area contributed by atoms with Crippen molar-refractivity contribution in [2.75, 3.05) is 32.7 Å². The summed E-state index contributed by atoms with van der Waals surface area (Å²) < 4.78 is 26.9. The Balaban J connectivity index is 1.98. The molecule has 1 aromatic carbocycles. The van der Waals surface area contributed by atoms with Crippen LogP contribution >= 0.6 is 23.2 Å². The van der Waals surface area contributed by atoms with E-state index in [1.807, 2.05) is 0 Å². The zero-order valence-corrected chi connectivity index (χ0v) is 15.0. The average Bonchev–Trinajstić information content (AvgIpc) is 2.52. The first-order chi connectivity index (χ1) is 11.0. The molecule has 0 amide bonds. The lowest BCUT2D eigenvalue weighted by Crippen LogP contribution is -2.48. The van der Waals surface area contributed by atoms with E-state index in [-0.39, 0.29) is 14.9 Å². The van der Waals surface area contributed by atoms with E-state index in [0.29, 0.717) is 32.6 Å². The highest BCUT2D eigenvalue weighted by Crippen LogP contribution is 2.31. The summed E-state index contributed by atoms with van der Waals surface area (Å²) in [5.74, 6) is 0. The van der Waals surface area contributed by atoms with Crippen LogP contribution in [0.1, 0.15) is 19.3 Å². The quantitative estimate of drug-likeness (QED) is 0.716. The molecule has 1 aromatic rings. The Kier molecular flexibility index (Phi) is 6.69. The molecule has 0 spiro atoms. The third kappa shape index (κ3) is 4.59. The van der Waals surface area contributed by atoms with Crippen molar-refractivity contribution < 1.29 is 8.42 Å². The van der Waals surface area contributed by atoms with Crippen LogP contribution < -0.4 is 0 Å². The number of hydrogen-bond donors (Lipinski definition) is 0. The Bertz CT molecular complexity index is 660. The summed E-state index contributed by atoms with van der Waals surface area (Å²) in [7, 11) is -3.68. The van der Waals surface area contributed by atoms with Crippen molar-refractivity contribution in [1.82, 2.24) is 9.21 Å². The predicted octanol–water partition coefficient (Wildman–Crippen LogP) is 2.99. The zero-order chi connectivity index (χ0) is 16.9. The second-order valence-corrected chi connectivity index (χ2v) is 8.10. The molecule has 0 saturated carbocycles. The lowest BCUT2D eigenvalue weighted by atomic mass is 10.2. The first kappa shape index (κ1) is 18.5. The molecule has 8 heteroatoms. The van der Waals surface area contributed by atoms with Gasteiger partial charge in [0.2, 0.25) is 10.0 Å². The number of hydrogen-bond acceptors (Lipinski definition) is 4. The maximum atomic E-state index is 12.7. The number of sulfonamides is 1. The highest BCUT2D eigenvalue weighted by atomic mass is 35.5. The van der Waals surface area contributed by atoms with Gasteiger partial charge in [-0.1, -0.05) is 29.3 Å². The van der Waals surface area contributed by atoms with Crippen LogP contribution in [-0.2, 0) is 10.0 Å². The van der Waals surface area contributed by atoms with Crippen molar-refractivity contribution >= 4 is 33.2 Å². The molecule has 5 nitrogen and oxygen atoms in total. The largest absolute Gasteiger partial charge is 0.301 e. The van der Waals surface area contributed by atoms with E-state index in [4.69, 9.17) is 28.5 Å². The van der Waals surface area contributed by atoms with Crippen LogP contribution in [0.25, 0.3) is 0 Å². The molecule has 1 aliphatic rings. The van der Waals surface area contributed by atoms with Crippen molar-refractivity contribution in [2.45, 2.75) is 24.2 Å². The van der Waals surface area contributed by atoms with Crippen LogP contribution in [0.2, 0.25) is 10.0 Å². The Morgan fingerprint density at radius 2 is 1.70 bits per heavy atom. The van der Waals surface area contributed by atoms with E-state index in [2.05, 4.69) is 11.0 Å². The van der Waals surface area contributed by atoms with Crippen LogP contribution in [0.3, 0.4) is 0 Å². The van der Waals surface area contributed by atoms with Gasteiger partial charge in [-0.25, -0.2) is 8.42 Å². The zero-order valence-electron chi connectivity index (χ0n) is 12.7. The van der Waals surface area contributed by atoms with Gasteiger partial charge in [-0.2, -0.15) is 9.57 Å². The first-order valence-electron chi connectivity index (χ1n) is 7.50. The van der Waals surface area contributed by atoms with E-state index >= 15 is 0 Å². The van der Waals surface area contributed by atoms with Gasteiger partial charge in [-0.3, -0.25) is 0 Å². The van der Waals surface area contributed by atoms with Crippen molar-refractivity contribution in [3.05, 3.63) is 28.2 Å². The van der Waals surface area contributed by atoms with Gasteiger partial charge in [-0.05, 0) is 31.5 Å². The van der Waals surface area contributed by atoms with E-state index < -0.39 is 10.0 Å². The number of nitriles is 1. The van der Waals surface area contributed by atoms with E-state index in [1.54, 1.807) is 6.07 Å². The SMILES string of the molecule is N#CCCCCN1CCN(S(=O)(=O)c2c(Cl)cccc2Cl)CC1. The van der Waals surface area contributed by atoms with Gasteiger partial charge >= 0.3 is 0 Å². The molecule has 23 heavy (non-hydrogen) atoms. The molecule has 1 saturated heterocycles. The third-order valence-electron chi connectivity index (χ3n) is 3.86. The molecular formula is C15H19Cl2N3O2S. The topological polar surface area (TPSA) is 64.4 Å². The molecule has 1 aliphatic heterocycles. The van der Waals surface area contributed by atoms with Gasteiger partial charge < -0.3 is 4.90 Å². The van der Waals surface area contributed by atoms with Crippen molar-refractivity contribution in [2.24, 2.45) is 0 Å². The molecule has 0 aromatic heterocycles. The van der Waals surface area contributed by atoms with E-state index in [1.165, 1.54) is 16.4 Å². The summed E-state index contributed by atoms with van der Waals surface area (Å²) in [4.78, 5) is 2.21. The molecular weight excluding hydrogens is 357 g/mol. The summed E-state index contributed by atoms with van der Waals surface area (Å²) in [6, 6.07) is 6.82. The molecule has 0 N–H and O–H groups in total. The summed E-state index contributed by atoms with van der Waals surface area (Å²) in [6.45, 7) is 3.08. The maximum absolute atomic E-state index is 12.7. The molecule has 0 aliphatic carbocycles. The lowest BCUT2D eigenvalue weighted by molar-refractivity contribution is 0.186. The van der Waals surface area contributed by atoms with Gasteiger partial charge in [0.05, 0.1) is 16.1 Å². The Morgan fingerprint density at radius 3 is 2.26 bits per heavy atom. The number of benzene rings is 1. The van der Waals surface area contributed by atoms with Crippen LogP contribution in [-0.4, -0.2) is 50.3 Å². The minimum atomic E-state index is -3.68. The van der Waals surface area contributed by atoms with Crippen LogP contribution in [0.5, 0.6) is 0 Å². The Labute approximate surface area is 147 Å². The Morgan fingerprint density at radius 1 is 1.09 bits per heavy atom. The number of rotatable bonds is 6. The molecule has 1 fully saturated rings. The van der Waals surface area contributed by atoms with Gasteiger partial charge in [0, 0.05) is 32.6 Å². The molecule has 0 bridgehead atoms. The minimum Gasteiger partial charge on any atom is -0.301 e. The fraction of sp³-hybridized carbons (Fsp3) is 0.533. The summed E-state index contributed by atoms with van der Waals surface area (Å²) in [5, 5.41) is 8.82.